The first kappa shape index (κ1) is 17.7. The van der Waals surface area contributed by atoms with E-state index in [1.165, 1.54) is 7.11 Å². The van der Waals surface area contributed by atoms with Gasteiger partial charge in [-0.1, -0.05) is 32.9 Å². The van der Waals surface area contributed by atoms with Crippen LogP contribution in [0.4, 0.5) is 0 Å². The molecule has 1 aromatic carbocycles. The second-order valence-electron chi connectivity index (χ2n) is 6.84. The Bertz CT molecular complexity index is 477. The van der Waals surface area contributed by atoms with Gasteiger partial charge in [-0.3, -0.25) is 4.79 Å². The number of carbonyl (C=O) groups is 1. The summed E-state index contributed by atoms with van der Waals surface area (Å²) in [5.74, 6) is 0.480. The Morgan fingerprint density at radius 3 is 2.19 bits per heavy atom. The van der Waals surface area contributed by atoms with Crippen LogP contribution in [0.2, 0.25) is 18.1 Å². The maximum Gasteiger partial charge on any atom is 0.322 e. The first-order valence-corrected chi connectivity index (χ1v) is 10.1. The van der Waals surface area contributed by atoms with Gasteiger partial charge in [-0.2, -0.15) is 0 Å². The summed E-state index contributed by atoms with van der Waals surface area (Å²) in [7, 11) is -0.472. The lowest BCUT2D eigenvalue weighted by Gasteiger charge is -2.36. The number of hydrogen-bond donors (Lipinski definition) is 1. The van der Waals surface area contributed by atoms with E-state index in [0.717, 1.165) is 11.3 Å². The molecule has 1 aromatic rings. The largest absolute Gasteiger partial charge is 0.544 e. The Morgan fingerprint density at radius 2 is 1.76 bits per heavy atom. The van der Waals surface area contributed by atoms with E-state index in [0.29, 0.717) is 6.42 Å². The average Bonchev–Trinajstić information content (AvgIpc) is 2.38. The van der Waals surface area contributed by atoms with E-state index in [1.807, 2.05) is 24.3 Å². The van der Waals surface area contributed by atoms with E-state index >= 15 is 0 Å². The van der Waals surface area contributed by atoms with Crippen molar-refractivity contribution in [3.63, 3.8) is 0 Å². The van der Waals surface area contributed by atoms with Crippen LogP contribution in [0.3, 0.4) is 0 Å². The van der Waals surface area contributed by atoms with Gasteiger partial charge in [0.1, 0.15) is 11.8 Å². The minimum atomic E-state index is -1.82. The highest BCUT2D eigenvalue weighted by molar-refractivity contribution is 6.74. The molecule has 0 spiro atoms. The van der Waals surface area contributed by atoms with Crippen LogP contribution in [0.5, 0.6) is 5.75 Å². The van der Waals surface area contributed by atoms with E-state index in [-0.39, 0.29) is 5.04 Å². The smallest absolute Gasteiger partial charge is 0.322 e. The van der Waals surface area contributed by atoms with Gasteiger partial charge >= 0.3 is 5.97 Å². The van der Waals surface area contributed by atoms with Gasteiger partial charge < -0.3 is 14.9 Å². The van der Waals surface area contributed by atoms with Gasteiger partial charge in [0, 0.05) is 0 Å². The fourth-order valence-electron chi connectivity index (χ4n) is 1.63. The molecule has 0 aromatic heterocycles. The van der Waals surface area contributed by atoms with Crippen molar-refractivity contribution in [1.29, 1.82) is 0 Å². The number of ether oxygens (including phenoxy) is 1. The van der Waals surface area contributed by atoms with E-state index < -0.39 is 20.3 Å². The zero-order valence-electron chi connectivity index (χ0n) is 13.9. The molecule has 0 fully saturated rings. The topological polar surface area (TPSA) is 61.5 Å². The number of methoxy groups -OCH3 is 1. The average molecular weight is 309 g/mol. The Morgan fingerprint density at radius 1 is 1.24 bits per heavy atom. The van der Waals surface area contributed by atoms with Crippen LogP contribution in [-0.2, 0) is 16.0 Å². The summed E-state index contributed by atoms with van der Waals surface area (Å²) in [6, 6.07) is 7.16. The maximum absolute atomic E-state index is 11.3. The molecule has 0 saturated carbocycles. The van der Waals surface area contributed by atoms with E-state index in [1.54, 1.807) is 0 Å². The highest BCUT2D eigenvalue weighted by Crippen LogP contribution is 2.37. The van der Waals surface area contributed by atoms with Gasteiger partial charge in [0.2, 0.25) is 8.32 Å². The molecule has 5 heteroatoms. The summed E-state index contributed by atoms with van der Waals surface area (Å²) >= 11 is 0. The third-order valence-electron chi connectivity index (χ3n) is 4.06. The van der Waals surface area contributed by atoms with Crippen LogP contribution in [-0.4, -0.2) is 27.4 Å². The van der Waals surface area contributed by atoms with Crippen molar-refractivity contribution in [3.05, 3.63) is 29.8 Å². The van der Waals surface area contributed by atoms with Crippen molar-refractivity contribution in [3.8, 4) is 5.75 Å². The molecular formula is C16H27NO3Si. The predicted octanol–water partition coefficient (Wildman–Crippen LogP) is 3.11. The molecule has 4 nitrogen and oxygen atoms in total. The number of nitrogens with two attached hydrogens (primary N) is 1. The van der Waals surface area contributed by atoms with Crippen molar-refractivity contribution in [2.45, 2.75) is 51.4 Å². The van der Waals surface area contributed by atoms with Gasteiger partial charge in [0.05, 0.1) is 7.11 Å². The normalized spacial score (nSPS) is 13.7. The van der Waals surface area contributed by atoms with Crippen LogP contribution in [0.25, 0.3) is 0 Å². The summed E-state index contributed by atoms with van der Waals surface area (Å²) in [5.41, 5.74) is 6.75. The number of carbonyl (C=O) groups excluding carboxylic acids is 1. The fourth-order valence-corrected chi connectivity index (χ4v) is 2.66. The third-order valence-corrected chi connectivity index (χ3v) is 8.42. The Labute approximate surface area is 128 Å². The maximum atomic E-state index is 11.3. The molecule has 0 unspecified atom stereocenters. The minimum absolute atomic E-state index is 0.166. The molecular weight excluding hydrogens is 282 g/mol. The summed E-state index contributed by atoms with van der Waals surface area (Å²) in [6.45, 7) is 11.1. The second-order valence-corrected chi connectivity index (χ2v) is 11.6. The van der Waals surface area contributed by atoms with Crippen LogP contribution in [0.15, 0.2) is 24.3 Å². The van der Waals surface area contributed by atoms with Crippen molar-refractivity contribution in [2.24, 2.45) is 5.73 Å². The lowest BCUT2D eigenvalue weighted by atomic mass is 10.1. The molecule has 0 radical (unpaired) electrons. The quantitative estimate of drug-likeness (QED) is 0.670. The van der Waals surface area contributed by atoms with Crippen LogP contribution < -0.4 is 10.2 Å². The third kappa shape index (κ3) is 4.86. The number of esters is 1. The molecule has 1 rings (SSSR count). The van der Waals surface area contributed by atoms with Crippen LogP contribution in [0.1, 0.15) is 26.3 Å². The van der Waals surface area contributed by atoms with Gasteiger partial charge in [-0.05, 0) is 42.2 Å². The molecule has 0 saturated heterocycles. The van der Waals surface area contributed by atoms with Crippen molar-refractivity contribution < 1.29 is 14.0 Å². The van der Waals surface area contributed by atoms with Crippen LogP contribution >= 0.6 is 0 Å². The first-order valence-electron chi connectivity index (χ1n) is 7.18. The number of hydrogen-bond acceptors (Lipinski definition) is 4. The molecule has 0 aliphatic carbocycles. The molecule has 0 heterocycles. The zero-order chi connectivity index (χ0) is 16.3. The molecule has 118 valence electrons. The Kier molecular flexibility index (Phi) is 5.59. The Balaban J connectivity index is 2.73. The van der Waals surface area contributed by atoms with E-state index in [2.05, 4.69) is 38.6 Å². The van der Waals surface area contributed by atoms with Crippen molar-refractivity contribution in [1.82, 2.24) is 0 Å². The van der Waals surface area contributed by atoms with E-state index in [4.69, 9.17) is 10.2 Å². The Hall–Kier alpha value is -1.33. The van der Waals surface area contributed by atoms with Crippen molar-refractivity contribution in [2.75, 3.05) is 7.11 Å². The monoisotopic (exact) mass is 309 g/mol. The lowest BCUT2D eigenvalue weighted by Crippen LogP contribution is -2.43. The van der Waals surface area contributed by atoms with Gasteiger partial charge in [0.25, 0.3) is 0 Å². The molecule has 0 bridgehead atoms. The highest BCUT2D eigenvalue weighted by atomic mass is 28.4. The van der Waals surface area contributed by atoms with Crippen molar-refractivity contribution >= 4 is 14.3 Å². The SMILES string of the molecule is COC(=O)[C@H](N)Cc1ccc(O[Si](C)(C)C(C)(C)C)cc1. The number of benzene rings is 1. The van der Waals surface area contributed by atoms with Crippen LogP contribution in [0, 0.1) is 0 Å². The fraction of sp³-hybridized carbons (Fsp3) is 0.562. The van der Waals surface area contributed by atoms with Gasteiger partial charge in [-0.15, -0.1) is 0 Å². The molecule has 0 aliphatic heterocycles. The van der Waals surface area contributed by atoms with Gasteiger partial charge in [-0.25, -0.2) is 0 Å². The lowest BCUT2D eigenvalue weighted by molar-refractivity contribution is -0.142. The summed E-state index contributed by atoms with van der Waals surface area (Å²) in [6.07, 6.45) is 0.465. The molecule has 2 N–H and O–H groups in total. The summed E-state index contributed by atoms with van der Waals surface area (Å²) < 4.78 is 10.8. The first-order chi connectivity index (χ1) is 9.56. The molecule has 0 aliphatic rings. The standard InChI is InChI=1S/C16H27NO3Si/c1-16(2,3)21(5,6)20-13-9-7-12(8-10-13)11-14(17)15(18)19-4/h7-10,14H,11,17H2,1-6H3/t14-/m1/s1. The summed E-state index contributed by atoms with van der Waals surface area (Å²) in [4.78, 5) is 11.3. The minimum Gasteiger partial charge on any atom is -0.544 e. The molecule has 21 heavy (non-hydrogen) atoms. The second kappa shape index (κ2) is 6.62. The zero-order valence-corrected chi connectivity index (χ0v) is 14.9. The van der Waals surface area contributed by atoms with E-state index in [9.17, 15) is 4.79 Å². The summed E-state index contributed by atoms with van der Waals surface area (Å²) in [5, 5.41) is 0.166. The highest BCUT2D eigenvalue weighted by Gasteiger charge is 2.38. The predicted molar refractivity (Wildman–Crippen MR) is 88.0 cm³/mol. The number of rotatable bonds is 5. The molecule has 0 amide bonds. The van der Waals surface area contributed by atoms with Gasteiger partial charge in [0.15, 0.2) is 0 Å². The molecule has 1 atom stereocenters.